The maximum atomic E-state index is 14.4. The van der Waals surface area contributed by atoms with Gasteiger partial charge in [-0.3, -0.25) is 14.9 Å². The molecule has 3 rings (SSSR count). The number of amides is 1. The van der Waals surface area contributed by atoms with E-state index in [9.17, 15) is 19.3 Å². The standard InChI is InChI=1S/C19H17FN4O3/c1-12-13(7-5-9-16(12)24(26)27)19(25)22-17(18-21-10-11-23(18)2)14-6-3-4-8-15(14)20/h3-11,17H,1-2H3,(H,22,25). The van der Waals surface area contributed by atoms with Gasteiger partial charge in [-0.25, -0.2) is 9.37 Å². The summed E-state index contributed by atoms with van der Waals surface area (Å²) in [5, 5.41) is 13.9. The van der Waals surface area contributed by atoms with Crippen molar-refractivity contribution >= 4 is 11.6 Å². The molecule has 0 fully saturated rings. The van der Waals surface area contributed by atoms with Crippen molar-refractivity contribution in [3.63, 3.8) is 0 Å². The fraction of sp³-hybridized carbons (Fsp3) is 0.158. The summed E-state index contributed by atoms with van der Waals surface area (Å²) in [5.41, 5.74) is 0.497. The predicted molar refractivity (Wildman–Crippen MR) is 96.8 cm³/mol. The Morgan fingerprint density at radius 2 is 2.00 bits per heavy atom. The van der Waals surface area contributed by atoms with Gasteiger partial charge in [0.1, 0.15) is 17.7 Å². The summed E-state index contributed by atoms with van der Waals surface area (Å²) in [6.45, 7) is 1.51. The van der Waals surface area contributed by atoms with E-state index in [2.05, 4.69) is 10.3 Å². The average Bonchev–Trinajstić information content (AvgIpc) is 3.06. The Morgan fingerprint density at radius 3 is 2.63 bits per heavy atom. The van der Waals surface area contributed by atoms with Crippen LogP contribution in [0.4, 0.5) is 10.1 Å². The molecular weight excluding hydrogens is 351 g/mol. The minimum Gasteiger partial charge on any atom is -0.338 e. The average molecular weight is 368 g/mol. The van der Waals surface area contributed by atoms with Gasteiger partial charge in [0.05, 0.1) is 4.92 Å². The van der Waals surface area contributed by atoms with Gasteiger partial charge in [-0.15, -0.1) is 0 Å². The van der Waals surface area contributed by atoms with Gasteiger partial charge in [-0.2, -0.15) is 0 Å². The highest BCUT2D eigenvalue weighted by Crippen LogP contribution is 2.25. The molecule has 1 heterocycles. The third kappa shape index (κ3) is 3.55. The monoisotopic (exact) mass is 368 g/mol. The number of rotatable bonds is 5. The lowest BCUT2D eigenvalue weighted by Gasteiger charge is -2.20. The predicted octanol–water partition coefficient (Wildman–Crippen LogP) is 3.30. The molecule has 3 aromatic rings. The van der Waals surface area contributed by atoms with E-state index in [-0.39, 0.29) is 22.4 Å². The summed E-state index contributed by atoms with van der Waals surface area (Å²) in [7, 11) is 1.74. The van der Waals surface area contributed by atoms with E-state index < -0.39 is 22.7 Å². The Morgan fingerprint density at radius 1 is 1.26 bits per heavy atom. The van der Waals surface area contributed by atoms with E-state index in [1.54, 1.807) is 42.2 Å². The van der Waals surface area contributed by atoms with E-state index >= 15 is 0 Å². The number of aromatic nitrogens is 2. The van der Waals surface area contributed by atoms with E-state index in [1.807, 2.05) is 0 Å². The summed E-state index contributed by atoms with van der Waals surface area (Å²) < 4.78 is 16.1. The lowest BCUT2D eigenvalue weighted by atomic mass is 10.0. The molecule has 0 aliphatic rings. The molecule has 1 N–H and O–H groups in total. The van der Waals surface area contributed by atoms with Crippen molar-refractivity contribution in [1.29, 1.82) is 0 Å². The van der Waals surface area contributed by atoms with E-state index in [0.29, 0.717) is 5.82 Å². The van der Waals surface area contributed by atoms with Crippen LogP contribution in [0, 0.1) is 22.9 Å². The number of hydrogen-bond donors (Lipinski definition) is 1. The second-order valence-corrected chi connectivity index (χ2v) is 6.03. The van der Waals surface area contributed by atoms with Crippen molar-refractivity contribution in [3.05, 3.63) is 93.3 Å². The zero-order valence-electron chi connectivity index (χ0n) is 14.7. The molecule has 8 heteroatoms. The molecule has 1 unspecified atom stereocenters. The number of hydrogen-bond acceptors (Lipinski definition) is 4. The van der Waals surface area contributed by atoms with Crippen molar-refractivity contribution < 1.29 is 14.1 Å². The number of imidazole rings is 1. The summed E-state index contributed by atoms with van der Waals surface area (Å²) in [5.74, 6) is -0.592. The molecular formula is C19H17FN4O3. The van der Waals surface area contributed by atoms with Gasteiger partial charge in [-0.05, 0) is 19.1 Å². The number of halogens is 1. The van der Waals surface area contributed by atoms with Crippen LogP contribution in [0.1, 0.15) is 33.4 Å². The Balaban J connectivity index is 2.02. The minimum atomic E-state index is -0.850. The third-order valence-electron chi connectivity index (χ3n) is 4.35. The van der Waals surface area contributed by atoms with Crippen molar-refractivity contribution in [2.24, 2.45) is 7.05 Å². The van der Waals surface area contributed by atoms with Crippen LogP contribution in [-0.2, 0) is 7.05 Å². The second-order valence-electron chi connectivity index (χ2n) is 6.03. The van der Waals surface area contributed by atoms with Gasteiger partial charge in [0, 0.05) is 42.2 Å². The number of carbonyl (C=O) groups is 1. The first-order valence-electron chi connectivity index (χ1n) is 8.16. The Labute approximate surface area is 154 Å². The van der Waals surface area contributed by atoms with E-state index in [1.165, 1.54) is 31.2 Å². The highest BCUT2D eigenvalue weighted by molar-refractivity contribution is 5.97. The molecule has 1 aromatic heterocycles. The Bertz CT molecular complexity index is 1020. The van der Waals surface area contributed by atoms with Crippen molar-refractivity contribution in [2.45, 2.75) is 13.0 Å². The number of nitro groups is 1. The molecule has 0 saturated heterocycles. The van der Waals surface area contributed by atoms with Gasteiger partial charge in [0.25, 0.3) is 11.6 Å². The molecule has 7 nitrogen and oxygen atoms in total. The molecule has 2 aromatic carbocycles. The Hall–Kier alpha value is -3.55. The summed E-state index contributed by atoms with van der Waals surface area (Å²) in [4.78, 5) is 27.7. The number of nitro benzene ring substituents is 1. The van der Waals surface area contributed by atoms with Gasteiger partial charge >= 0.3 is 0 Å². The molecule has 1 atom stereocenters. The molecule has 0 bridgehead atoms. The number of aryl methyl sites for hydroxylation is 1. The van der Waals surface area contributed by atoms with Crippen LogP contribution in [0.5, 0.6) is 0 Å². The highest BCUT2D eigenvalue weighted by Gasteiger charge is 2.26. The van der Waals surface area contributed by atoms with Gasteiger partial charge in [0.15, 0.2) is 0 Å². The van der Waals surface area contributed by atoms with Crippen LogP contribution >= 0.6 is 0 Å². The summed E-state index contributed by atoms with van der Waals surface area (Å²) in [6.07, 6.45) is 3.24. The number of carbonyl (C=O) groups excluding carboxylic acids is 1. The van der Waals surface area contributed by atoms with Crippen LogP contribution in [0.3, 0.4) is 0 Å². The van der Waals surface area contributed by atoms with E-state index in [4.69, 9.17) is 0 Å². The van der Waals surface area contributed by atoms with Crippen molar-refractivity contribution in [1.82, 2.24) is 14.9 Å². The molecule has 1 amide bonds. The fourth-order valence-electron chi connectivity index (χ4n) is 2.92. The van der Waals surface area contributed by atoms with Crippen LogP contribution in [-0.4, -0.2) is 20.4 Å². The molecule has 0 aliphatic heterocycles. The first kappa shape index (κ1) is 18.2. The third-order valence-corrected chi connectivity index (χ3v) is 4.35. The summed E-state index contributed by atoms with van der Waals surface area (Å²) >= 11 is 0. The van der Waals surface area contributed by atoms with Gasteiger partial charge < -0.3 is 9.88 Å². The number of nitrogens with one attached hydrogen (secondary N) is 1. The van der Waals surface area contributed by atoms with Crippen LogP contribution in [0.25, 0.3) is 0 Å². The number of benzene rings is 2. The van der Waals surface area contributed by atoms with E-state index in [0.717, 1.165) is 0 Å². The van der Waals surface area contributed by atoms with Crippen molar-refractivity contribution in [2.75, 3.05) is 0 Å². The minimum absolute atomic E-state index is 0.151. The zero-order valence-corrected chi connectivity index (χ0v) is 14.7. The molecule has 0 spiro atoms. The highest BCUT2D eigenvalue weighted by atomic mass is 19.1. The SMILES string of the molecule is Cc1c(C(=O)NC(c2ccccc2F)c2nccn2C)cccc1[N+](=O)[O-]. The molecule has 27 heavy (non-hydrogen) atoms. The van der Waals surface area contributed by atoms with Crippen LogP contribution < -0.4 is 5.32 Å². The number of nitrogens with zero attached hydrogens (tertiary/aromatic N) is 3. The lowest BCUT2D eigenvalue weighted by Crippen LogP contribution is -2.32. The quantitative estimate of drug-likeness (QED) is 0.553. The molecule has 0 radical (unpaired) electrons. The lowest BCUT2D eigenvalue weighted by molar-refractivity contribution is -0.385. The Kier molecular flexibility index (Phi) is 4.98. The van der Waals surface area contributed by atoms with Crippen LogP contribution in [0.2, 0.25) is 0 Å². The smallest absolute Gasteiger partial charge is 0.273 e. The molecule has 0 aliphatic carbocycles. The van der Waals surface area contributed by atoms with Crippen molar-refractivity contribution in [3.8, 4) is 0 Å². The largest absolute Gasteiger partial charge is 0.338 e. The molecule has 0 saturated carbocycles. The van der Waals surface area contributed by atoms with Gasteiger partial charge in [-0.1, -0.05) is 24.3 Å². The fourth-order valence-corrected chi connectivity index (χ4v) is 2.92. The summed E-state index contributed by atoms with van der Waals surface area (Å²) in [6, 6.07) is 9.51. The maximum Gasteiger partial charge on any atom is 0.273 e. The normalized spacial score (nSPS) is 11.8. The topological polar surface area (TPSA) is 90.1 Å². The first-order chi connectivity index (χ1) is 12.9. The molecule has 138 valence electrons. The van der Waals surface area contributed by atoms with Gasteiger partial charge in [0.2, 0.25) is 0 Å². The second kappa shape index (κ2) is 7.36. The zero-order chi connectivity index (χ0) is 19.6. The van der Waals surface area contributed by atoms with Crippen LogP contribution in [0.15, 0.2) is 54.9 Å². The maximum absolute atomic E-state index is 14.4. The first-order valence-corrected chi connectivity index (χ1v) is 8.16.